The zero-order valence-electron chi connectivity index (χ0n) is 12.7. The van der Waals surface area contributed by atoms with Crippen LogP contribution in [0.25, 0.3) is 22.5 Å². The minimum atomic E-state index is -4.66. The van der Waals surface area contributed by atoms with Crippen LogP contribution in [-0.4, -0.2) is 20.9 Å². The molecule has 5 nitrogen and oxygen atoms in total. The van der Waals surface area contributed by atoms with Gasteiger partial charge in [-0.15, -0.1) is 0 Å². The van der Waals surface area contributed by atoms with Gasteiger partial charge in [0.15, 0.2) is 5.69 Å². The molecule has 0 fully saturated rings. The van der Waals surface area contributed by atoms with E-state index in [1.54, 1.807) is 18.3 Å². The summed E-state index contributed by atoms with van der Waals surface area (Å²) in [4.78, 5) is 23.2. The van der Waals surface area contributed by atoms with Gasteiger partial charge in [-0.3, -0.25) is 14.8 Å². The lowest BCUT2D eigenvalue weighted by molar-refractivity contribution is -0.140. The number of rotatable bonds is 3. The Hall–Kier alpha value is -3.29. The number of alkyl halides is 3. The van der Waals surface area contributed by atoms with Crippen molar-refractivity contribution >= 4 is 5.91 Å². The standard InChI is InChI=1S/C17H11F3N4O/c18-17(19,20)15-12(4-2-6-23-15)14-8-11(16(21)25)7-13(24-14)10-3-1-5-22-9-10/h1-9H,(H2,21,25). The van der Waals surface area contributed by atoms with Gasteiger partial charge in [-0.1, -0.05) is 0 Å². The first-order chi connectivity index (χ1) is 11.9. The van der Waals surface area contributed by atoms with Crippen molar-refractivity contribution < 1.29 is 18.0 Å². The van der Waals surface area contributed by atoms with Gasteiger partial charge in [-0.2, -0.15) is 13.2 Å². The molecular weight excluding hydrogens is 333 g/mol. The predicted molar refractivity (Wildman–Crippen MR) is 84.2 cm³/mol. The summed E-state index contributed by atoms with van der Waals surface area (Å²) in [6.07, 6.45) is -0.572. The summed E-state index contributed by atoms with van der Waals surface area (Å²) in [5.41, 5.74) is 4.83. The molecule has 2 N–H and O–H groups in total. The van der Waals surface area contributed by atoms with Crippen LogP contribution in [0, 0.1) is 0 Å². The highest BCUT2D eigenvalue weighted by Crippen LogP contribution is 2.35. The molecule has 1 amide bonds. The van der Waals surface area contributed by atoms with E-state index in [9.17, 15) is 18.0 Å². The number of carbonyl (C=O) groups excluding carboxylic acids is 1. The van der Waals surface area contributed by atoms with Crippen LogP contribution in [0.15, 0.2) is 55.0 Å². The average molecular weight is 344 g/mol. The maximum atomic E-state index is 13.2. The van der Waals surface area contributed by atoms with E-state index >= 15 is 0 Å². The monoisotopic (exact) mass is 344 g/mol. The molecule has 0 saturated carbocycles. The second-order valence-electron chi connectivity index (χ2n) is 5.13. The van der Waals surface area contributed by atoms with Gasteiger partial charge in [0.05, 0.1) is 11.4 Å². The Morgan fingerprint density at radius 2 is 1.76 bits per heavy atom. The molecule has 0 saturated heterocycles. The first kappa shape index (κ1) is 16.6. The van der Waals surface area contributed by atoms with E-state index in [1.807, 2.05) is 0 Å². The Labute approximate surface area is 140 Å². The van der Waals surface area contributed by atoms with Gasteiger partial charge in [0.1, 0.15) is 0 Å². The van der Waals surface area contributed by atoms with Crippen molar-refractivity contribution in [1.82, 2.24) is 15.0 Å². The number of hydrogen-bond acceptors (Lipinski definition) is 4. The van der Waals surface area contributed by atoms with Crippen molar-refractivity contribution in [2.75, 3.05) is 0 Å². The second-order valence-corrected chi connectivity index (χ2v) is 5.13. The lowest BCUT2D eigenvalue weighted by atomic mass is 10.0. The first-order valence-corrected chi connectivity index (χ1v) is 7.11. The maximum Gasteiger partial charge on any atom is 0.434 e. The van der Waals surface area contributed by atoms with Gasteiger partial charge >= 0.3 is 6.18 Å². The Morgan fingerprint density at radius 1 is 1.04 bits per heavy atom. The number of pyridine rings is 3. The highest BCUT2D eigenvalue weighted by atomic mass is 19.4. The van der Waals surface area contributed by atoms with Gasteiger partial charge in [-0.25, -0.2) is 4.98 Å². The first-order valence-electron chi connectivity index (χ1n) is 7.11. The molecule has 8 heteroatoms. The summed E-state index contributed by atoms with van der Waals surface area (Å²) in [7, 11) is 0. The number of primary amides is 1. The summed E-state index contributed by atoms with van der Waals surface area (Å²) >= 11 is 0. The van der Waals surface area contributed by atoms with Crippen LogP contribution < -0.4 is 5.73 Å². The Balaban J connectivity index is 2.24. The zero-order chi connectivity index (χ0) is 18.0. The number of hydrogen-bond donors (Lipinski definition) is 1. The molecule has 0 bridgehead atoms. The fourth-order valence-electron chi connectivity index (χ4n) is 2.31. The number of aromatic nitrogens is 3. The Bertz CT molecular complexity index is 927. The zero-order valence-corrected chi connectivity index (χ0v) is 12.7. The molecule has 25 heavy (non-hydrogen) atoms. The molecule has 3 aromatic rings. The Morgan fingerprint density at radius 3 is 2.40 bits per heavy atom. The molecule has 3 aromatic heterocycles. The third-order valence-corrected chi connectivity index (χ3v) is 3.42. The molecule has 0 spiro atoms. The molecule has 0 atom stereocenters. The fourth-order valence-corrected chi connectivity index (χ4v) is 2.31. The van der Waals surface area contributed by atoms with E-state index in [0.29, 0.717) is 5.56 Å². The van der Waals surface area contributed by atoms with Crippen LogP contribution in [0.5, 0.6) is 0 Å². The third kappa shape index (κ3) is 3.47. The number of carbonyl (C=O) groups is 1. The number of nitrogens with zero attached hydrogens (tertiary/aromatic N) is 3. The summed E-state index contributed by atoms with van der Waals surface area (Å²) in [5.74, 6) is -0.772. The summed E-state index contributed by atoms with van der Waals surface area (Å²) in [6, 6.07) is 8.57. The largest absolute Gasteiger partial charge is 0.434 e. The van der Waals surface area contributed by atoms with Crippen molar-refractivity contribution in [2.45, 2.75) is 6.18 Å². The van der Waals surface area contributed by atoms with E-state index < -0.39 is 17.8 Å². The van der Waals surface area contributed by atoms with Crippen molar-refractivity contribution in [2.24, 2.45) is 5.73 Å². The van der Waals surface area contributed by atoms with Crippen molar-refractivity contribution in [3.05, 3.63) is 66.2 Å². The normalized spacial score (nSPS) is 11.3. The molecule has 126 valence electrons. The SMILES string of the molecule is NC(=O)c1cc(-c2cccnc2)nc(-c2cccnc2C(F)(F)F)c1. The van der Waals surface area contributed by atoms with Crippen molar-refractivity contribution in [3.63, 3.8) is 0 Å². The fraction of sp³-hybridized carbons (Fsp3) is 0.0588. The minimum Gasteiger partial charge on any atom is -0.366 e. The van der Waals surface area contributed by atoms with Crippen LogP contribution in [0.3, 0.4) is 0 Å². The lowest BCUT2D eigenvalue weighted by Crippen LogP contribution is -2.13. The third-order valence-electron chi connectivity index (χ3n) is 3.42. The van der Waals surface area contributed by atoms with Crippen molar-refractivity contribution in [1.29, 1.82) is 0 Å². The van der Waals surface area contributed by atoms with Crippen LogP contribution in [0.4, 0.5) is 13.2 Å². The van der Waals surface area contributed by atoms with Gasteiger partial charge in [0, 0.05) is 35.3 Å². The number of nitrogens with two attached hydrogens (primary N) is 1. The molecule has 0 unspecified atom stereocenters. The molecule has 0 aliphatic rings. The maximum absolute atomic E-state index is 13.2. The van der Waals surface area contributed by atoms with E-state index in [4.69, 9.17) is 5.73 Å². The summed E-state index contributed by atoms with van der Waals surface area (Å²) in [6.45, 7) is 0. The Kier molecular flexibility index (Phi) is 4.18. The van der Waals surface area contributed by atoms with E-state index in [-0.39, 0.29) is 22.5 Å². The molecule has 0 aromatic carbocycles. The van der Waals surface area contributed by atoms with E-state index in [2.05, 4.69) is 15.0 Å². The highest BCUT2D eigenvalue weighted by molar-refractivity contribution is 5.95. The molecule has 3 heterocycles. The lowest BCUT2D eigenvalue weighted by Gasteiger charge is -2.13. The summed E-state index contributed by atoms with van der Waals surface area (Å²) in [5, 5.41) is 0. The molecular formula is C17H11F3N4O. The number of amides is 1. The van der Waals surface area contributed by atoms with Gasteiger partial charge in [-0.05, 0) is 36.4 Å². The predicted octanol–water partition coefficient (Wildman–Crippen LogP) is 3.32. The molecule has 3 rings (SSSR count). The highest BCUT2D eigenvalue weighted by Gasteiger charge is 2.36. The van der Waals surface area contributed by atoms with Crippen molar-refractivity contribution in [3.8, 4) is 22.5 Å². The molecule has 0 radical (unpaired) electrons. The van der Waals surface area contributed by atoms with E-state index in [0.717, 1.165) is 6.20 Å². The second kappa shape index (κ2) is 6.31. The summed E-state index contributed by atoms with van der Waals surface area (Å²) < 4.78 is 39.7. The topological polar surface area (TPSA) is 81.8 Å². The van der Waals surface area contributed by atoms with Crippen LogP contribution in [-0.2, 0) is 6.18 Å². The average Bonchev–Trinajstić information content (AvgIpc) is 2.61. The van der Waals surface area contributed by atoms with Crippen LogP contribution in [0.2, 0.25) is 0 Å². The minimum absolute atomic E-state index is 0.0424. The van der Waals surface area contributed by atoms with Gasteiger partial charge < -0.3 is 5.73 Å². The van der Waals surface area contributed by atoms with E-state index in [1.165, 1.54) is 30.5 Å². The quantitative estimate of drug-likeness (QED) is 0.790. The number of halogens is 3. The molecule has 0 aliphatic heterocycles. The van der Waals surface area contributed by atoms with Gasteiger partial charge in [0.25, 0.3) is 0 Å². The van der Waals surface area contributed by atoms with Crippen LogP contribution >= 0.6 is 0 Å². The van der Waals surface area contributed by atoms with Crippen LogP contribution in [0.1, 0.15) is 16.1 Å². The van der Waals surface area contributed by atoms with Gasteiger partial charge in [0.2, 0.25) is 5.91 Å². The molecule has 0 aliphatic carbocycles. The smallest absolute Gasteiger partial charge is 0.366 e.